The van der Waals surface area contributed by atoms with E-state index in [0.29, 0.717) is 5.41 Å². The number of hydrogen-bond acceptors (Lipinski definition) is 1. The molecular weight excluding hydrogens is 170 g/mol. The molecule has 1 aliphatic heterocycles. The molecule has 74 valence electrons. The molecule has 1 aromatic carbocycles. The first kappa shape index (κ1) is 8.49. The molecule has 3 rings (SSSR count). The number of aryl methyl sites for hydroxylation is 1. The lowest BCUT2D eigenvalue weighted by atomic mass is 9.96. The zero-order chi connectivity index (χ0) is 9.43. The molecule has 1 N–H and O–H groups in total. The molecular formula is C13H17N. The Hall–Kier alpha value is -0.820. The van der Waals surface area contributed by atoms with Gasteiger partial charge in [-0.25, -0.2) is 0 Å². The third-order valence-corrected chi connectivity index (χ3v) is 3.98. The topological polar surface area (TPSA) is 12.0 Å². The SMILES string of the molecule is c1ccc(CC[C@@]23CNC[C@H]2C3)cc1. The van der Waals surface area contributed by atoms with E-state index in [9.17, 15) is 0 Å². The number of piperidine rings is 1. The van der Waals surface area contributed by atoms with Crippen molar-refractivity contribution >= 4 is 0 Å². The van der Waals surface area contributed by atoms with Crippen molar-refractivity contribution in [2.45, 2.75) is 19.3 Å². The van der Waals surface area contributed by atoms with Crippen LogP contribution >= 0.6 is 0 Å². The van der Waals surface area contributed by atoms with Gasteiger partial charge >= 0.3 is 0 Å². The molecule has 1 aromatic rings. The Kier molecular flexibility index (Phi) is 1.88. The minimum atomic E-state index is 0.704. The highest BCUT2D eigenvalue weighted by Crippen LogP contribution is 2.57. The summed E-state index contributed by atoms with van der Waals surface area (Å²) >= 11 is 0. The van der Waals surface area contributed by atoms with Gasteiger partial charge in [0.2, 0.25) is 0 Å². The zero-order valence-electron chi connectivity index (χ0n) is 8.50. The van der Waals surface area contributed by atoms with Crippen LogP contribution in [0.3, 0.4) is 0 Å². The second-order valence-corrected chi connectivity index (χ2v) is 4.88. The minimum Gasteiger partial charge on any atom is -0.316 e. The predicted molar refractivity (Wildman–Crippen MR) is 58.2 cm³/mol. The van der Waals surface area contributed by atoms with Gasteiger partial charge in [-0.1, -0.05) is 30.3 Å². The van der Waals surface area contributed by atoms with Gasteiger partial charge < -0.3 is 5.32 Å². The molecule has 0 radical (unpaired) electrons. The van der Waals surface area contributed by atoms with Crippen LogP contribution in [-0.2, 0) is 6.42 Å². The van der Waals surface area contributed by atoms with Gasteiger partial charge in [-0.3, -0.25) is 0 Å². The molecule has 1 heterocycles. The van der Waals surface area contributed by atoms with Crippen molar-refractivity contribution in [1.29, 1.82) is 0 Å². The third kappa shape index (κ3) is 1.36. The second kappa shape index (κ2) is 3.09. The average molecular weight is 187 g/mol. The predicted octanol–water partition coefficient (Wildman–Crippen LogP) is 2.23. The Bertz CT molecular complexity index is 319. The van der Waals surface area contributed by atoms with Crippen LogP contribution in [0.15, 0.2) is 30.3 Å². The molecule has 14 heavy (non-hydrogen) atoms. The number of fused-ring (bicyclic) bond motifs is 1. The van der Waals surface area contributed by atoms with Gasteiger partial charge in [0.05, 0.1) is 0 Å². The van der Waals surface area contributed by atoms with Gasteiger partial charge in [-0.05, 0) is 42.7 Å². The minimum absolute atomic E-state index is 0.704. The van der Waals surface area contributed by atoms with Crippen molar-refractivity contribution in [2.24, 2.45) is 11.3 Å². The Balaban J connectivity index is 1.60. The highest BCUT2D eigenvalue weighted by Gasteiger charge is 2.55. The van der Waals surface area contributed by atoms with Crippen LogP contribution < -0.4 is 5.32 Å². The maximum absolute atomic E-state index is 3.50. The van der Waals surface area contributed by atoms with Crippen LogP contribution in [0.4, 0.5) is 0 Å². The van der Waals surface area contributed by atoms with Crippen molar-refractivity contribution in [2.75, 3.05) is 13.1 Å². The zero-order valence-corrected chi connectivity index (χ0v) is 8.50. The molecule has 0 unspecified atom stereocenters. The van der Waals surface area contributed by atoms with Crippen LogP contribution in [0.5, 0.6) is 0 Å². The van der Waals surface area contributed by atoms with Gasteiger partial charge in [0, 0.05) is 6.54 Å². The fraction of sp³-hybridized carbons (Fsp3) is 0.538. The Morgan fingerprint density at radius 2 is 2.14 bits per heavy atom. The quantitative estimate of drug-likeness (QED) is 0.765. The van der Waals surface area contributed by atoms with Crippen LogP contribution in [0.25, 0.3) is 0 Å². The van der Waals surface area contributed by atoms with E-state index >= 15 is 0 Å². The maximum Gasteiger partial charge on any atom is 0.00113 e. The molecule has 0 spiro atoms. The largest absolute Gasteiger partial charge is 0.316 e. The molecule has 2 atom stereocenters. The molecule has 1 heteroatoms. The van der Waals surface area contributed by atoms with Gasteiger partial charge in [-0.2, -0.15) is 0 Å². The fourth-order valence-electron chi connectivity index (χ4n) is 2.86. The molecule has 0 aromatic heterocycles. The summed E-state index contributed by atoms with van der Waals surface area (Å²) in [6.07, 6.45) is 4.13. The molecule has 0 bridgehead atoms. The van der Waals surface area contributed by atoms with Crippen LogP contribution in [0, 0.1) is 11.3 Å². The number of rotatable bonds is 3. The Morgan fingerprint density at radius 3 is 2.79 bits per heavy atom. The summed E-state index contributed by atoms with van der Waals surface area (Å²) in [6, 6.07) is 10.9. The van der Waals surface area contributed by atoms with E-state index < -0.39 is 0 Å². The van der Waals surface area contributed by atoms with E-state index in [1.807, 2.05) is 0 Å². The first-order valence-corrected chi connectivity index (χ1v) is 5.64. The number of hydrogen-bond donors (Lipinski definition) is 1. The average Bonchev–Trinajstić information content (AvgIpc) is 2.80. The monoisotopic (exact) mass is 187 g/mol. The van der Waals surface area contributed by atoms with Gasteiger partial charge in [0.1, 0.15) is 0 Å². The summed E-state index contributed by atoms with van der Waals surface area (Å²) in [5.74, 6) is 1.01. The lowest BCUT2D eigenvalue weighted by Crippen LogP contribution is -2.16. The van der Waals surface area contributed by atoms with Crippen molar-refractivity contribution in [3.63, 3.8) is 0 Å². The highest BCUT2D eigenvalue weighted by atomic mass is 15.0. The summed E-state index contributed by atoms with van der Waals surface area (Å²) in [6.45, 7) is 2.54. The van der Waals surface area contributed by atoms with Crippen LogP contribution in [0.2, 0.25) is 0 Å². The summed E-state index contributed by atoms with van der Waals surface area (Å²) in [4.78, 5) is 0. The number of benzene rings is 1. The molecule has 2 fully saturated rings. The molecule has 1 saturated carbocycles. The lowest BCUT2D eigenvalue weighted by Gasteiger charge is -2.10. The molecule has 1 nitrogen and oxygen atoms in total. The number of nitrogens with one attached hydrogen (secondary N) is 1. The Morgan fingerprint density at radius 1 is 1.29 bits per heavy atom. The van der Waals surface area contributed by atoms with Crippen molar-refractivity contribution < 1.29 is 0 Å². The van der Waals surface area contributed by atoms with Gasteiger partial charge in [0.15, 0.2) is 0 Å². The molecule has 0 amide bonds. The first-order chi connectivity index (χ1) is 6.89. The summed E-state index contributed by atoms with van der Waals surface area (Å²) < 4.78 is 0. The summed E-state index contributed by atoms with van der Waals surface area (Å²) in [5.41, 5.74) is 2.20. The van der Waals surface area contributed by atoms with Crippen molar-refractivity contribution in [3.8, 4) is 0 Å². The Labute approximate surface area is 85.5 Å². The lowest BCUT2D eigenvalue weighted by molar-refractivity contribution is 0.471. The van der Waals surface area contributed by atoms with Crippen molar-refractivity contribution in [1.82, 2.24) is 5.32 Å². The molecule has 1 aliphatic carbocycles. The van der Waals surface area contributed by atoms with Crippen LogP contribution in [0.1, 0.15) is 18.4 Å². The standard InChI is InChI=1S/C13H17N/c1-2-4-11(5-3-1)6-7-13-8-12(13)9-14-10-13/h1-5,12,14H,6-10H2/t12-,13-/m1/s1. The maximum atomic E-state index is 3.50. The van der Waals surface area contributed by atoms with E-state index in [2.05, 4.69) is 35.6 Å². The van der Waals surface area contributed by atoms with E-state index in [1.54, 1.807) is 0 Å². The van der Waals surface area contributed by atoms with Crippen molar-refractivity contribution in [3.05, 3.63) is 35.9 Å². The van der Waals surface area contributed by atoms with E-state index in [4.69, 9.17) is 0 Å². The third-order valence-electron chi connectivity index (χ3n) is 3.98. The van der Waals surface area contributed by atoms with E-state index in [-0.39, 0.29) is 0 Å². The summed E-state index contributed by atoms with van der Waals surface area (Å²) in [5, 5.41) is 3.50. The smallest absolute Gasteiger partial charge is 0.00113 e. The van der Waals surface area contributed by atoms with E-state index in [1.165, 1.54) is 37.9 Å². The fourth-order valence-corrected chi connectivity index (χ4v) is 2.86. The molecule has 1 saturated heterocycles. The summed E-state index contributed by atoms with van der Waals surface area (Å²) in [7, 11) is 0. The second-order valence-electron chi connectivity index (χ2n) is 4.88. The highest BCUT2D eigenvalue weighted by molar-refractivity contribution is 5.17. The molecule has 2 aliphatic rings. The normalized spacial score (nSPS) is 34.1. The van der Waals surface area contributed by atoms with Gasteiger partial charge in [-0.15, -0.1) is 0 Å². The van der Waals surface area contributed by atoms with Gasteiger partial charge in [0.25, 0.3) is 0 Å². The van der Waals surface area contributed by atoms with E-state index in [0.717, 1.165) is 5.92 Å². The van der Waals surface area contributed by atoms with Crippen LogP contribution in [-0.4, -0.2) is 13.1 Å². The first-order valence-electron chi connectivity index (χ1n) is 5.64.